The van der Waals surface area contributed by atoms with Crippen molar-refractivity contribution in [3.8, 4) is 5.75 Å². The Kier molecular flexibility index (Phi) is 6.89. The number of hydrogen-bond donors (Lipinski definition) is 1. The molecule has 0 radical (unpaired) electrons. The van der Waals surface area contributed by atoms with E-state index in [9.17, 15) is 9.59 Å². The summed E-state index contributed by atoms with van der Waals surface area (Å²) in [6.07, 6.45) is 0.322. The van der Waals surface area contributed by atoms with Crippen LogP contribution in [-0.2, 0) is 9.59 Å². The summed E-state index contributed by atoms with van der Waals surface area (Å²) in [5.74, 6) is -0.0945. The minimum atomic E-state index is -0.890. The second-order valence-corrected chi connectivity index (χ2v) is 5.71. The Bertz CT molecular complexity index is 513. The Hall–Kier alpha value is -2.04. The molecular weight excluding hydrogens is 282 g/mol. The molecule has 0 aromatic heterocycles. The first-order chi connectivity index (χ1) is 10.3. The van der Waals surface area contributed by atoms with E-state index in [0.717, 1.165) is 11.3 Å². The molecule has 0 spiro atoms. The number of methoxy groups -OCH3 is 1. The zero-order valence-electron chi connectivity index (χ0n) is 13.7. The van der Waals surface area contributed by atoms with Crippen molar-refractivity contribution in [1.82, 2.24) is 4.90 Å². The van der Waals surface area contributed by atoms with E-state index in [1.165, 1.54) is 0 Å². The van der Waals surface area contributed by atoms with Gasteiger partial charge in [-0.3, -0.25) is 9.59 Å². The zero-order chi connectivity index (χ0) is 16.7. The van der Waals surface area contributed by atoms with E-state index in [1.54, 1.807) is 12.0 Å². The first-order valence-electron chi connectivity index (χ1n) is 7.50. The van der Waals surface area contributed by atoms with Gasteiger partial charge in [0.15, 0.2) is 0 Å². The highest BCUT2D eigenvalue weighted by molar-refractivity contribution is 5.78. The number of aliphatic carboxylic acids is 1. The number of benzene rings is 1. The number of carboxylic acids is 1. The fourth-order valence-electron chi connectivity index (χ4n) is 2.33. The Morgan fingerprint density at radius 1 is 1.27 bits per heavy atom. The van der Waals surface area contributed by atoms with Crippen LogP contribution in [0, 0.1) is 0 Å². The smallest absolute Gasteiger partial charge is 0.305 e. The van der Waals surface area contributed by atoms with Crippen molar-refractivity contribution in [2.45, 2.75) is 45.6 Å². The maximum atomic E-state index is 12.4. The van der Waals surface area contributed by atoms with E-state index in [4.69, 9.17) is 9.84 Å². The van der Waals surface area contributed by atoms with Gasteiger partial charge in [-0.25, -0.2) is 0 Å². The zero-order valence-corrected chi connectivity index (χ0v) is 13.7. The molecule has 1 amide bonds. The molecule has 0 aliphatic carbocycles. The Balaban J connectivity index is 2.72. The van der Waals surface area contributed by atoms with Crippen molar-refractivity contribution in [2.24, 2.45) is 0 Å². The third kappa shape index (κ3) is 5.39. The highest BCUT2D eigenvalue weighted by atomic mass is 16.5. The largest absolute Gasteiger partial charge is 0.497 e. The van der Waals surface area contributed by atoms with Gasteiger partial charge >= 0.3 is 5.97 Å². The van der Waals surface area contributed by atoms with Crippen LogP contribution in [0.3, 0.4) is 0 Å². The number of amides is 1. The van der Waals surface area contributed by atoms with Gasteiger partial charge in [-0.1, -0.05) is 19.1 Å². The molecule has 0 saturated heterocycles. The molecule has 5 nitrogen and oxygen atoms in total. The molecule has 1 unspecified atom stereocenters. The maximum Gasteiger partial charge on any atom is 0.305 e. The minimum absolute atomic E-state index is 0.00985. The molecule has 0 saturated carbocycles. The molecule has 122 valence electrons. The molecule has 0 aliphatic rings. The van der Waals surface area contributed by atoms with Crippen molar-refractivity contribution in [3.63, 3.8) is 0 Å². The predicted octanol–water partition coefficient (Wildman–Crippen LogP) is 2.90. The average molecular weight is 307 g/mol. The lowest BCUT2D eigenvalue weighted by atomic mass is 9.96. The van der Waals surface area contributed by atoms with Gasteiger partial charge in [-0.2, -0.15) is 0 Å². The minimum Gasteiger partial charge on any atom is -0.497 e. The van der Waals surface area contributed by atoms with E-state index in [-0.39, 0.29) is 30.8 Å². The third-order valence-corrected chi connectivity index (χ3v) is 3.65. The lowest BCUT2D eigenvalue weighted by Gasteiger charge is -2.27. The third-order valence-electron chi connectivity index (χ3n) is 3.65. The summed E-state index contributed by atoms with van der Waals surface area (Å²) in [4.78, 5) is 24.8. The van der Waals surface area contributed by atoms with Crippen LogP contribution in [0.5, 0.6) is 5.75 Å². The van der Waals surface area contributed by atoms with Crippen LogP contribution in [0.25, 0.3) is 0 Å². The number of carbonyl (C=O) groups excluding carboxylic acids is 1. The number of carboxylic acid groups (broad SMARTS) is 1. The molecule has 0 heterocycles. The highest BCUT2D eigenvalue weighted by Gasteiger charge is 2.21. The van der Waals surface area contributed by atoms with Gasteiger partial charge in [0.2, 0.25) is 5.91 Å². The van der Waals surface area contributed by atoms with Crippen LogP contribution in [0.4, 0.5) is 0 Å². The van der Waals surface area contributed by atoms with Crippen molar-refractivity contribution in [3.05, 3.63) is 29.8 Å². The van der Waals surface area contributed by atoms with Gasteiger partial charge in [0.1, 0.15) is 5.75 Å². The van der Waals surface area contributed by atoms with E-state index >= 15 is 0 Å². The molecule has 0 bridgehead atoms. The molecule has 1 atom stereocenters. The van der Waals surface area contributed by atoms with Gasteiger partial charge in [0.25, 0.3) is 0 Å². The van der Waals surface area contributed by atoms with Crippen molar-refractivity contribution in [1.29, 1.82) is 0 Å². The van der Waals surface area contributed by atoms with Gasteiger partial charge in [-0.05, 0) is 37.5 Å². The number of carbonyl (C=O) groups is 2. The van der Waals surface area contributed by atoms with E-state index in [2.05, 4.69) is 0 Å². The van der Waals surface area contributed by atoms with Gasteiger partial charge in [0, 0.05) is 19.0 Å². The summed E-state index contributed by atoms with van der Waals surface area (Å²) in [5.41, 5.74) is 1.04. The SMILES string of the molecule is COc1cccc(C(C)CC(=O)N(CCC(=O)O)C(C)C)c1. The monoisotopic (exact) mass is 307 g/mol. The summed E-state index contributed by atoms with van der Waals surface area (Å²) in [7, 11) is 1.61. The second-order valence-electron chi connectivity index (χ2n) is 5.71. The average Bonchev–Trinajstić information content (AvgIpc) is 2.46. The highest BCUT2D eigenvalue weighted by Crippen LogP contribution is 2.24. The molecule has 1 aromatic rings. The van der Waals surface area contributed by atoms with Crippen LogP contribution >= 0.6 is 0 Å². The summed E-state index contributed by atoms with van der Waals surface area (Å²) in [6, 6.07) is 7.65. The molecule has 1 N–H and O–H groups in total. The van der Waals surface area contributed by atoms with Gasteiger partial charge in [-0.15, -0.1) is 0 Å². The number of hydrogen-bond acceptors (Lipinski definition) is 3. The molecule has 22 heavy (non-hydrogen) atoms. The van der Waals surface area contributed by atoms with Crippen LogP contribution in [0.1, 0.15) is 45.1 Å². The fourth-order valence-corrected chi connectivity index (χ4v) is 2.33. The molecule has 1 aromatic carbocycles. The summed E-state index contributed by atoms with van der Waals surface area (Å²) in [6.45, 7) is 6.03. The van der Waals surface area contributed by atoms with E-state index in [1.807, 2.05) is 45.0 Å². The summed E-state index contributed by atoms with van der Waals surface area (Å²) in [5, 5.41) is 8.79. The first-order valence-corrected chi connectivity index (χ1v) is 7.50. The lowest BCUT2D eigenvalue weighted by molar-refractivity contribution is -0.139. The molecule has 5 heteroatoms. The molecule has 1 rings (SSSR count). The van der Waals surface area contributed by atoms with Crippen LogP contribution in [-0.4, -0.2) is 41.6 Å². The van der Waals surface area contributed by atoms with Crippen LogP contribution < -0.4 is 4.74 Å². The molecule has 0 aliphatic heterocycles. The van der Waals surface area contributed by atoms with Crippen LogP contribution in [0.15, 0.2) is 24.3 Å². The Labute approximate surface area is 131 Å². The predicted molar refractivity (Wildman–Crippen MR) is 85.1 cm³/mol. The van der Waals surface area contributed by atoms with Crippen LogP contribution in [0.2, 0.25) is 0 Å². The Morgan fingerprint density at radius 2 is 1.95 bits per heavy atom. The fraction of sp³-hybridized carbons (Fsp3) is 0.529. The van der Waals surface area contributed by atoms with E-state index < -0.39 is 5.97 Å². The maximum absolute atomic E-state index is 12.4. The summed E-state index contributed by atoms with van der Waals surface area (Å²) < 4.78 is 5.20. The standard InChI is InChI=1S/C17H25NO4/c1-12(2)18(9-8-17(20)21)16(19)10-13(3)14-6-5-7-15(11-14)22-4/h5-7,11-13H,8-10H2,1-4H3,(H,20,21). The lowest BCUT2D eigenvalue weighted by Crippen LogP contribution is -2.39. The summed E-state index contributed by atoms with van der Waals surface area (Å²) >= 11 is 0. The molecule has 0 fully saturated rings. The first kappa shape index (κ1) is 18.0. The van der Waals surface area contributed by atoms with Crippen molar-refractivity contribution in [2.75, 3.05) is 13.7 Å². The quantitative estimate of drug-likeness (QED) is 0.802. The number of rotatable bonds is 8. The van der Waals surface area contributed by atoms with Crippen molar-refractivity contribution < 1.29 is 19.4 Å². The van der Waals surface area contributed by atoms with Crippen molar-refractivity contribution >= 4 is 11.9 Å². The Morgan fingerprint density at radius 3 is 2.50 bits per heavy atom. The second kappa shape index (κ2) is 8.41. The number of nitrogens with zero attached hydrogens (tertiary/aromatic N) is 1. The van der Waals surface area contributed by atoms with Gasteiger partial charge in [0.05, 0.1) is 13.5 Å². The normalized spacial score (nSPS) is 12.0. The number of ether oxygens (including phenoxy) is 1. The van der Waals surface area contributed by atoms with E-state index in [0.29, 0.717) is 6.42 Å². The topological polar surface area (TPSA) is 66.8 Å². The molecular formula is C17H25NO4. The van der Waals surface area contributed by atoms with Gasteiger partial charge < -0.3 is 14.7 Å².